The van der Waals surface area contributed by atoms with E-state index in [-0.39, 0.29) is 12.0 Å². The van der Waals surface area contributed by atoms with E-state index in [1.54, 1.807) is 19.2 Å². The number of halogens is 2. The fourth-order valence-corrected chi connectivity index (χ4v) is 4.52. The molecule has 0 aromatic heterocycles. The Labute approximate surface area is 210 Å². The third kappa shape index (κ3) is 6.30. The maximum atomic E-state index is 12.9. The van der Waals surface area contributed by atoms with Crippen molar-refractivity contribution in [2.24, 2.45) is 0 Å². The fraction of sp³-hybridized carbons (Fsp3) is 0.296. The molecule has 0 saturated carbocycles. The van der Waals surface area contributed by atoms with Gasteiger partial charge in [0.25, 0.3) is 5.91 Å². The van der Waals surface area contributed by atoms with Crippen molar-refractivity contribution in [3.63, 3.8) is 0 Å². The van der Waals surface area contributed by atoms with Crippen molar-refractivity contribution in [1.29, 1.82) is 0 Å². The molecule has 3 aromatic carbocycles. The maximum Gasteiger partial charge on any atom is 0.255 e. The van der Waals surface area contributed by atoms with Crippen molar-refractivity contribution in [1.82, 2.24) is 9.80 Å². The zero-order valence-corrected chi connectivity index (χ0v) is 20.6. The van der Waals surface area contributed by atoms with E-state index >= 15 is 0 Å². The molecule has 0 unspecified atom stereocenters. The van der Waals surface area contributed by atoms with E-state index in [1.807, 2.05) is 59.5 Å². The predicted octanol–water partition coefficient (Wildman–Crippen LogP) is 5.72. The summed E-state index contributed by atoms with van der Waals surface area (Å²) in [5, 5.41) is 1.18. The van der Waals surface area contributed by atoms with Gasteiger partial charge in [-0.25, -0.2) is 0 Å². The first-order valence-electron chi connectivity index (χ1n) is 11.3. The summed E-state index contributed by atoms with van der Waals surface area (Å²) >= 11 is 12.4. The van der Waals surface area contributed by atoms with Crippen LogP contribution in [0.25, 0.3) is 0 Å². The van der Waals surface area contributed by atoms with Gasteiger partial charge in [0.2, 0.25) is 0 Å². The molecule has 34 heavy (non-hydrogen) atoms. The monoisotopic (exact) mass is 498 g/mol. The van der Waals surface area contributed by atoms with Crippen LogP contribution in [0.2, 0.25) is 10.0 Å². The van der Waals surface area contributed by atoms with E-state index in [9.17, 15) is 4.79 Å². The number of ether oxygens (including phenoxy) is 2. The summed E-state index contributed by atoms with van der Waals surface area (Å²) in [5.74, 6) is 0.774. The Bertz CT molecular complexity index is 1120. The van der Waals surface area contributed by atoms with Gasteiger partial charge < -0.3 is 14.4 Å². The number of carbonyl (C=O) groups is 1. The van der Waals surface area contributed by atoms with Crippen molar-refractivity contribution in [3.8, 4) is 5.75 Å². The lowest BCUT2D eigenvalue weighted by molar-refractivity contribution is 0.00334. The Morgan fingerprint density at radius 2 is 1.71 bits per heavy atom. The number of carbonyl (C=O) groups excluding carboxylic acids is 1. The molecule has 1 amide bonds. The lowest BCUT2D eigenvalue weighted by atomic mass is 10.1. The van der Waals surface area contributed by atoms with Gasteiger partial charge in [0, 0.05) is 37.7 Å². The molecule has 0 bridgehead atoms. The Balaban J connectivity index is 1.42. The Hall–Kier alpha value is -2.57. The molecule has 0 radical (unpaired) electrons. The van der Waals surface area contributed by atoms with Crippen molar-refractivity contribution >= 4 is 29.1 Å². The summed E-state index contributed by atoms with van der Waals surface area (Å²) in [7, 11) is 1.66. The zero-order valence-electron chi connectivity index (χ0n) is 19.1. The molecule has 1 heterocycles. The van der Waals surface area contributed by atoms with Crippen molar-refractivity contribution in [3.05, 3.63) is 99.5 Å². The molecule has 178 valence electrons. The Morgan fingerprint density at radius 3 is 2.44 bits per heavy atom. The van der Waals surface area contributed by atoms with Gasteiger partial charge in [0.05, 0.1) is 30.4 Å². The first-order chi connectivity index (χ1) is 16.5. The normalized spacial score (nSPS) is 15.2. The molecule has 0 spiro atoms. The fourth-order valence-electron chi connectivity index (χ4n) is 4.09. The molecule has 5 nitrogen and oxygen atoms in total. The van der Waals surface area contributed by atoms with Crippen LogP contribution >= 0.6 is 23.2 Å². The first kappa shape index (κ1) is 24.6. The zero-order chi connectivity index (χ0) is 23.9. The van der Waals surface area contributed by atoms with Gasteiger partial charge >= 0.3 is 0 Å². The summed E-state index contributed by atoms with van der Waals surface area (Å²) in [6.07, 6.45) is -0.153. The first-order valence-corrected chi connectivity index (χ1v) is 12.1. The summed E-state index contributed by atoms with van der Waals surface area (Å²) in [6.45, 7) is 3.97. The molecule has 3 aromatic rings. The maximum absolute atomic E-state index is 12.9. The standard InChI is InChI=1S/C27H28Cl2N2O3/c1-33-23-9-5-7-21(17-23)26(34-19-20-6-4-8-22(28)16-20)18-30-12-14-31(15-13-30)27(32)24-10-2-3-11-25(24)29/h2-11,16-17,26H,12-15,18-19H2,1H3/t26-/m1/s1. The number of hydrogen-bond acceptors (Lipinski definition) is 4. The van der Waals surface area contributed by atoms with Gasteiger partial charge in [-0.2, -0.15) is 0 Å². The van der Waals surface area contributed by atoms with Crippen molar-refractivity contribution in [2.75, 3.05) is 39.8 Å². The predicted molar refractivity (Wildman–Crippen MR) is 136 cm³/mol. The van der Waals surface area contributed by atoms with Crippen LogP contribution in [0.5, 0.6) is 5.75 Å². The number of amides is 1. The number of rotatable bonds is 8. The number of benzene rings is 3. The third-order valence-corrected chi connectivity index (χ3v) is 6.56. The molecule has 4 rings (SSSR count). The second-order valence-electron chi connectivity index (χ2n) is 8.28. The van der Waals surface area contributed by atoms with E-state index in [4.69, 9.17) is 32.7 Å². The van der Waals surface area contributed by atoms with Crippen LogP contribution < -0.4 is 4.74 Å². The van der Waals surface area contributed by atoms with E-state index in [1.165, 1.54) is 0 Å². The van der Waals surface area contributed by atoms with E-state index < -0.39 is 0 Å². The molecular formula is C27H28Cl2N2O3. The second-order valence-corrected chi connectivity index (χ2v) is 9.12. The minimum Gasteiger partial charge on any atom is -0.497 e. The summed E-state index contributed by atoms with van der Waals surface area (Å²) in [5.41, 5.74) is 2.63. The van der Waals surface area contributed by atoms with Crippen LogP contribution in [0.4, 0.5) is 0 Å². The molecule has 1 aliphatic heterocycles. The summed E-state index contributed by atoms with van der Waals surface area (Å²) in [6, 6.07) is 22.9. The molecule has 1 aliphatic rings. The minimum atomic E-state index is -0.153. The van der Waals surface area contributed by atoms with E-state index in [0.717, 1.165) is 30.0 Å². The molecule has 1 fully saturated rings. The Kier molecular flexibility index (Phi) is 8.46. The third-order valence-electron chi connectivity index (χ3n) is 5.99. The topological polar surface area (TPSA) is 42.0 Å². The highest BCUT2D eigenvalue weighted by molar-refractivity contribution is 6.33. The smallest absolute Gasteiger partial charge is 0.255 e. The molecule has 0 aliphatic carbocycles. The van der Waals surface area contributed by atoms with Gasteiger partial charge in [0.1, 0.15) is 5.75 Å². The van der Waals surface area contributed by atoms with Gasteiger partial charge in [-0.15, -0.1) is 0 Å². The minimum absolute atomic E-state index is 0.0215. The van der Waals surface area contributed by atoms with E-state index in [2.05, 4.69) is 11.0 Å². The summed E-state index contributed by atoms with van der Waals surface area (Å²) < 4.78 is 11.8. The van der Waals surface area contributed by atoms with Crippen LogP contribution in [0.1, 0.15) is 27.6 Å². The van der Waals surface area contributed by atoms with Crippen molar-refractivity contribution in [2.45, 2.75) is 12.7 Å². The van der Waals surface area contributed by atoms with Crippen LogP contribution in [0, 0.1) is 0 Å². The number of hydrogen-bond donors (Lipinski definition) is 0. The van der Waals surface area contributed by atoms with Crippen LogP contribution in [-0.2, 0) is 11.3 Å². The molecule has 0 N–H and O–H groups in total. The number of nitrogens with zero attached hydrogens (tertiary/aromatic N) is 2. The highest BCUT2D eigenvalue weighted by atomic mass is 35.5. The molecule has 1 saturated heterocycles. The van der Waals surface area contributed by atoms with Crippen LogP contribution in [0.3, 0.4) is 0 Å². The van der Waals surface area contributed by atoms with Gasteiger partial charge in [-0.05, 0) is 47.5 Å². The highest BCUT2D eigenvalue weighted by Crippen LogP contribution is 2.26. The average molecular weight is 499 g/mol. The second kappa shape index (κ2) is 11.7. The number of piperazine rings is 1. The SMILES string of the molecule is COc1cccc([C@@H](CN2CCN(C(=O)c3ccccc3Cl)CC2)OCc2cccc(Cl)c2)c1. The lowest BCUT2D eigenvalue weighted by Gasteiger charge is -2.36. The summed E-state index contributed by atoms with van der Waals surface area (Å²) in [4.78, 5) is 17.1. The van der Waals surface area contributed by atoms with Gasteiger partial charge in [0.15, 0.2) is 0 Å². The molecule has 1 atom stereocenters. The van der Waals surface area contributed by atoms with E-state index in [0.29, 0.717) is 41.8 Å². The highest BCUT2D eigenvalue weighted by Gasteiger charge is 2.26. The lowest BCUT2D eigenvalue weighted by Crippen LogP contribution is -2.49. The van der Waals surface area contributed by atoms with Gasteiger partial charge in [-0.1, -0.05) is 59.6 Å². The molecular weight excluding hydrogens is 471 g/mol. The largest absolute Gasteiger partial charge is 0.497 e. The quantitative estimate of drug-likeness (QED) is 0.398. The van der Waals surface area contributed by atoms with Crippen molar-refractivity contribution < 1.29 is 14.3 Å². The average Bonchev–Trinajstić information content (AvgIpc) is 2.87. The van der Waals surface area contributed by atoms with Gasteiger partial charge in [-0.3, -0.25) is 9.69 Å². The van der Waals surface area contributed by atoms with Crippen LogP contribution in [0.15, 0.2) is 72.8 Å². The van der Waals surface area contributed by atoms with Crippen LogP contribution in [-0.4, -0.2) is 55.5 Å². The Morgan fingerprint density at radius 1 is 0.941 bits per heavy atom. The number of methoxy groups -OCH3 is 1. The molecule has 7 heteroatoms.